The van der Waals surface area contributed by atoms with Crippen LogP contribution < -0.4 is 15.4 Å². The first-order chi connectivity index (χ1) is 13.5. The number of hydrogen-bond acceptors (Lipinski definition) is 5. The molecule has 146 valence electrons. The number of carbonyl (C=O) groups excluding carboxylic acids is 1. The molecular weight excluding hydrogens is 426 g/mol. The highest BCUT2D eigenvalue weighted by atomic mass is 35.5. The molecule has 6 nitrogen and oxygen atoms in total. The first kappa shape index (κ1) is 20.3. The Morgan fingerprint density at radius 2 is 1.96 bits per heavy atom. The molecule has 28 heavy (non-hydrogen) atoms. The van der Waals surface area contributed by atoms with E-state index in [1.165, 1.54) is 23.5 Å². The van der Waals surface area contributed by atoms with E-state index in [0.29, 0.717) is 40.4 Å². The third-order valence-corrected chi connectivity index (χ3v) is 4.92. The van der Waals surface area contributed by atoms with Crippen molar-refractivity contribution >= 4 is 51.4 Å². The van der Waals surface area contributed by atoms with Crippen LogP contribution in [0.25, 0.3) is 0 Å². The van der Waals surface area contributed by atoms with Crippen molar-refractivity contribution < 1.29 is 13.9 Å². The number of carbonyl (C=O) groups is 1. The minimum absolute atomic E-state index is 0.0859. The minimum atomic E-state index is -0.589. The average Bonchev–Trinajstić information content (AvgIpc) is 3.09. The van der Waals surface area contributed by atoms with E-state index in [4.69, 9.17) is 27.9 Å². The highest BCUT2D eigenvalue weighted by Gasteiger charge is 2.10. The quantitative estimate of drug-likeness (QED) is 0.466. The highest BCUT2D eigenvalue weighted by molar-refractivity contribution is 7.15. The van der Waals surface area contributed by atoms with Gasteiger partial charge in [-0.2, -0.15) is 0 Å². The molecule has 1 heterocycles. The van der Waals surface area contributed by atoms with Crippen LogP contribution in [0.1, 0.15) is 11.4 Å². The van der Waals surface area contributed by atoms with Gasteiger partial charge in [0.05, 0.1) is 17.3 Å². The number of nitrogens with zero attached hydrogens (tertiary/aromatic N) is 2. The maximum absolute atomic E-state index is 13.5. The first-order valence-corrected chi connectivity index (χ1v) is 9.81. The maximum atomic E-state index is 13.5. The van der Waals surface area contributed by atoms with Crippen molar-refractivity contribution in [3.05, 3.63) is 63.3 Å². The lowest BCUT2D eigenvalue weighted by Gasteiger charge is -2.07. The number of aromatic nitrogens is 2. The molecule has 0 radical (unpaired) electrons. The van der Waals surface area contributed by atoms with Gasteiger partial charge in [0.2, 0.25) is 5.13 Å². The molecule has 2 N–H and O–H groups in total. The average molecular weight is 441 g/mol. The summed E-state index contributed by atoms with van der Waals surface area (Å²) in [4.78, 5) is 11.9. The smallest absolute Gasteiger partial charge is 0.325 e. The monoisotopic (exact) mass is 440 g/mol. The van der Waals surface area contributed by atoms with Gasteiger partial charge in [-0.25, -0.2) is 9.18 Å². The summed E-state index contributed by atoms with van der Waals surface area (Å²) in [6.45, 7) is 0.442. The molecule has 0 atom stereocenters. The van der Waals surface area contributed by atoms with Crippen LogP contribution in [-0.2, 0) is 6.42 Å². The van der Waals surface area contributed by atoms with E-state index < -0.39 is 11.8 Å². The molecule has 10 heteroatoms. The standard InChI is InChI=1S/C18H15Cl2FN4O2S/c19-11-7-8-15(12(20)10-11)27-9-3-6-16-24-25-18(28-16)23-17(26)22-14-5-2-1-4-13(14)21/h1-2,4-5,7-8,10H,3,6,9H2,(H2,22,23,25,26). The molecule has 0 saturated carbocycles. The lowest BCUT2D eigenvalue weighted by Crippen LogP contribution is -2.19. The molecule has 0 saturated heterocycles. The molecule has 2 aromatic carbocycles. The third-order valence-electron chi connectivity index (χ3n) is 3.50. The largest absolute Gasteiger partial charge is 0.492 e. The van der Waals surface area contributed by atoms with Crippen LogP contribution in [0.2, 0.25) is 10.0 Å². The van der Waals surface area contributed by atoms with Crippen LogP contribution in [0.15, 0.2) is 42.5 Å². The Morgan fingerprint density at radius 1 is 1.14 bits per heavy atom. The van der Waals surface area contributed by atoms with Gasteiger partial charge in [0, 0.05) is 11.4 Å². The highest BCUT2D eigenvalue weighted by Crippen LogP contribution is 2.27. The molecule has 0 spiro atoms. The van der Waals surface area contributed by atoms with Crippen molar-refractivity contribution in [1.82, 2.24) is 10.2 Å². The lowest BCUT2D eigenvalue weighted by molar-refractivity contribution is 0.262. The molecule has 0 aliphatic rings. The fraction of sp³-hybridized carbons (Fsp3) is 0.167. The lowest BCUT2D eigenvalue weighted by atomic mass is 10.3. The fourth-order valence-corrected chi connectivity index (χ4v) is 3.46. The molecule has 2 amide bonds. The minimum Gasteiger partial charge on any atom is -0.492 e. The van der Waals surface area contributed by atoms with Crippen molar-refractivity contribution in [3.8, 4) is 5.75 Å². The number of benzene rings is 2. The van der Waals surface area contributed by atoms with Crippen LogP contribution in [0.5, 0.6) is 5.75 Å². The number of urea groups is 1. The van der Waals surface area contributed by atoms with Gasteiger partial charge in [-0.1, -0.05) is 46.7 Å². The number of anilines is 2. The molecular formula is C18H15Cl2FN4O2S. The first-order valence-electron chi connectivity index (χ1n) is 8.24. The van der Waals surface area contributed by atoms with E-state index in [9.17, 15) is 9.18 Å². The molecule has 3 rings (SSSR count). The van der Waals surface area contributed by atoms with Crippen LogP contribution in [0, 0.1) is 5.82 Å². The van der Waals surface area contributed by atoms with Gasteiger partial charge in [-0.05, 0) is 36.8 Å². The molecule has 3 aromatic rings. The number of nitrogens with one attached hydrogen (secondary N) is 2. The molecule has 0 fully saturated rings. The molecule has 0 aliphatic heterocycles. The predicted octanol–water partition coefficient (Wildman–Crippen LogP) is 5.64. The summed E-state index contributed by atoms with van der Waals surface area (Å²) < 4.78 is 19.2. The summed E-state index contributed by atoms with van der Waals surface area (Å²) in [5, 5.41) is 14.9. The van der Waals surface area contributed by atoms with Gasteiger partial charge in [-0.15, -0.1) is 10.2 Å². The maximum Gasteiger partial charge on any atom is 0.325 e. The van der Waals surface area contributed by atoms with Crippen molar-refractivity contribution in [2.45, 2.75) is 12.8 Å². The summed E-state index contributed by atoms with van der Waals surface area (Å²) in [7, 11) is 0. The number of hydrogen-bond donors (Lipinski definition) is 2. The van der Waals surface area contributed by atoms with E-state index >= 15 is 0 Å². The SMILES string of the molecule is O=C(Nc1nnc(CCCOc2ccc(Cl)cc2Cl)s1)Nc1ccccc1F. The van der Waals surface area contributed by atoms with E-state index in [-0.39, 0.29) is 5.69 Å². The number of para-hydroxylation sites is 1. The zero-order valence-corrected chi connectivity index (χ0v) is 16.7. The predicted molar refractivity (Wildman–Crippen MR) is 109 cm³/mol. The van der Waals surface area contributed by atoms with E-state index in [2.05, 4.69) is 20.8 Å². The van der Waals surface area contributed by atoms with Gasteiger partial charge < -0.3 is 10.1 Å². The topological polar surface area (TPSA) is 76.1 Å². The van der Waals surface area contributed by atoms with Gasteiger partial charge >= 0.3 is 6.03 Å². The van der Waals surface area contributed by atoms with Gasteiger partial charge in [0.1, 0.15) is 16.6 Å². The molecule has 0 aliphatic carbocycles. The van der Waals surface area contributed by atoms with Gasteiger partial charge in [-0.3, -0.25) is 5.32 Å². The van der Waals surface area contributed by atoms with Crippen molar-refractivity contribution in [3.63, 3.8) is 0 Å². The summed E-state index contributed by atoms with van der Waals surface area (Å²) in [5.41, 5.74) is 0.0859. The normalized spacial score (nSPS) is 10.5. The van der Waals surface area contributed by atoms with Gasteiger partial charge in [0.15, 0.2) is 0 Å². The summed E-state index contributed by atoms with van der Waals surface area (Å²) >= 11 is 13.1. The van der Waals surface area contributed by atoms with Crippen LogP contribution in [0.3, 0.4) is 0 Å². The van der Waals surface area contributed by atoms with E-state index in [0.717, 1.165) is 5.01 Å². The third kappa shape index (κ3) is 5.79. The van der Waals surface area contributed by atoms with E-state index in [1.54, 1.807) is 30.3 Å². The molecule has 0 unspecified atom stereocenters. The zero-order valence-electron chi connectivity index (χ0n) is 14.4. The molecule has 1 aromatic heterocycles. The Balaban J connectivity index is 1.44. The number of aryl methyl sites for hydroxylation is 1. The second kappa shape index (κ2) is 9.68. The number of amides is 2. The Hall–Kier alpha value is -2.42. The zero-order chi connectivity index (χ0) is 19.9. The summed E-state index contributed by atoms with van der Waals surface area (Å²) in [5.74, 6) is 0.0481. The van der Waals surface area contributed by atoms with Gasteiger partial charge in [0.25, 0.3) is 0 Å². The summed E-state index contributed by atoms with van der Waals surface area (Å²) in [6.07, 6.45) is 1.31. The summed E-state index contributed by atoms with van der Waals surface area (Å²) in [6, 6.07) is 10.3. The Kier molecular flexibility index (Phi) is 7.02. The van der Waals surface area contributed by atoms with Crippen molar-refractivity contribution in [1.29, 1.82) is 0 Å². The van der Waals surface area contributed by atoms with Crippen LogP contribution in [-0.4, -0.2) is 22.8 Å². The Bertz CT molecular complexity index is 970. The number of rotatable bonds is 7. The van der Waals surface area contributed by atoms with Crippen molar-refractivity contribution in [2.24, 2.45) is 0 Å². The van der Waals surface area contributed by atoms with E-state index in [1.807, 2.05) is 0 Å². The Morgan fingerprint density at radius 3 is 2.75 bits per heavy atom. The molecule has 0 bridgehead atoms. The van der Waals surface area contributed by atoms with Crippen molar-refractivity contribution in [2.75, 3.05) is 17.2 Å². The van der Waals surface area contributed by atoms with Crippen LogP contribution in [0.4, 0.5) is 20.0 Å². The Labute approximate surface area is 174 Å². The second-order valence-corrected chi connectivity index (χ2v) is 7.49. The number of halogens is 3. The van der Waals surface area contributed by atoms with Crippen LogP contribution >= 0.6 is 34.5 Å². The second-order valence-electron chi connectivity index (χ2n) is 5.59. The number of ether oxygens (including phenoxy) is 1. The fourth-order valence-electron chi connectivity index (χ4n) is 2.22.